The second-order valence-corrected chi connectivity index (χ2v) is 3.09. The highest BCUT2D eigenvalue weighted by Gasteiger charge is 2.00. The number of carbonyl (C=O) groups is 1. The Balaban J connectivity index is 3.06. The standard InChI is InChI=1S/C10H17F2NO/c1-2-10(14)13-8-6-4-3-5-7-9(11)12/h2,9H,1,3-8H2,(H,13,14). The second-order valence-electron chi connectivity index (χ2n) is 3.09. The molecule has 0 aromatic heterocycles. The van der Waals surface area contributed by atoms with Gasteiger partial charge in [0.25, 0.3) is 0 Å². The predicted molar refractivity (Wildman–Crippen MR) is 52.3 cm³/mol. The number of halogens is 2. The van der Waals surface area contributed by atoms with Crippen LogP contribution in [0.1, 0.15) is 32.1 Å². The first kappa shape index (κ1) is 13.1. The predicted octanol–water partition coefficient (Wildman–Crippen LogP) is 2.50. The van der Waals surface area contributed by atoms with Crippen molar-refractivity contribution in [2.45, 2.75) is 38.5 Å². The van der Waals surface area contributed by atoms with Crippen molar-refractivity contribution in [3.05, 3.63) is 12.7 Å². The summed E-state index contributed by atoms with van der Waals surface area (Å²) in [6, 6.07) is 0. The van der Waals surface area contributed by atoms with E-state index in [1.54, 1.807) is 0 Å². The first-order valence-electron chi connectivity index (χ1n) is 4.85. The van der Waals surface area contributed by atoms with Gasteiger partial charge in [-0.05, 0) is 18.9 Å². The maximum absolute atomic E-state index is 11.7. The minimum atomic E-state index is -2.18. The van der Waals surface area contributed by atoms with Crippen LogP contribution in [0, 0.1) is 0 Å². The summed E-state index contributed by atoms with van der Waals surface area (Å²) in [5.74, 6) is -0.183. The summed E-state index contributed by atoms with van der Waals surface area (Å²) in [6.07, 6.45) is 2.10. The maximum atomic E-state index is 11.7. The number of hydrogen-bond acceptors (Lipinski definition) is 1. The number of carbonyl (C=O) groups excluding carboxylic acids is 1. The van der Waals surface area contributed by atoms with Crippen LogP contribution in [-0.2, 0) is 4.79 Å². The molecule has 0 fully saturated rings. The molecular weight excluding hydrogens is 188 g/mol. The molecule has 0 bridgehead atoms. The summed E-state index contributed by atoms with van der Waals surface area (Å²) < 4.78 is 23.4. The molecule has 0 atom stereocenters. The van der Waals surface area contributed by atoms with E-state index in [9.17, 15) is 13.6 Å². The Morgan fingerprint density at radius 2 is 1.93 bits per heavy atom. The van der Waals surface area contributed by atoms with Crippen LogP contribution in [0.5, 0.6) is 0 Å². The van der Waals surface area contributed by atoms with E-state index in [0.29, 0.717) is 13.0 Å². The first-order valence-corrected chi connectivity index (χ1v) is 4.85. The zero-order valence-corrected chi connectivity index (χ0v) is 8.27. The van der Waals surface area contributed by atoms with Crippen LogP contribution in [0.2, 0.25) is 0 Å². The molecule has 1 amide bonds. The Labute approximate surface area is 83.4 Å². The van der Waals surface area contributed by atoms with Crippen LogP contribution in [0.3, 0.4) is 0 Å². The molecule has 14 heavy (non-hydrogen) atoms. The lowest BCUT2D eigenvalue weighted by Crippen LogP contribution is -2.21. The van der Waals surface area contributed by atoms with E-state index in [0.717, 1.165) is 19.3 Å². The van der Waals surface area contributed by atoms with Gasteiger partial charge in [0.1, 0.15) is 0 Å². The minimum Gasteiger partial charge on any atom is -0.353 e. The zero-order valence-electron chi connectivity index (χ0n) is 8.27. The lowest BCUT2D eigenvalue weighted by molar-refractivity contribution is -0.116. The van der Waals surface area contributed by atoms with Crippen molar-refractivity contribution in [2.24, 2.45) is 0 Å². The van der Waals surface area contributed by atoms with Gasteiger partial charge in [-0.25, -0.2) is 8.78 Å². The van der Waals surface area contributed by atoms with Gasteiger partial charge in [-0.2, -0.15) is 0 Å². The smallest absolute Gasteiger partial charge is 0.243 e. The Kier molecular flexibility index (Phi) is 8.08. The third-order valence-corrected chi connectivity index (χ3v) is 1.83. The van der Waals surface area contributed by atoms with E-state index in [1.807, 2.05) is 0 Å². The summed E-state index contributed by atoms with van der Waals surface area (Å²) in [5, 5.41) is 2.63. The Hall–Kier alpha value is -0.930. The van der Waals surface area contributed by atoms with Crippen LogP contribution in [0.15, 0.2) is 12.7 Å². The highest BCUT2D eigenvalue weighted by molar-refractivity contribution is 5.86. The number of amides is 1. The topological polar surface area (TPSA) is 29.1 Å². The number of nitrogens with one attached hydrogen (secondary N) is 1. The first-order chi connectivity index (χ1) is 6.66. The monoisotopic (exact) mass is 205 g/mol. The Bertz CT molecular complexity index is 172. The van der Waals surface area contributed by atoms with Crippen molar-refractivity contribution in [1.82, 2.24) is 5.32 Å². The normalized spacial score (nSPS) is 10.2. The lowest BCUT2D eigenvalue weighted by atomic mass is 10.1. The molecule has 0 aromatic rings. The molecule has 82 valence electrons. The van der Waals surface area contributed by atoms with Gasteiger partial charge in [0, 0.05) is 13.0 Å². The van der Waals surface area contributed by atoms with Crippen molar-refractivity contribution in [2.75, 3.05) is 6.54 Å². The lowest BCUT2D eigenvalue weighted by Gasteiger charge is -2.02. The van der Waals surface area contributed by atoms with Crippen molar-refractivity contribution in [3.63, 3.8) is 0 Å². The Morgan fingerprint density at radius 3 is 2.50 bits per heavy atom. The van der Waals surface area contributed by atoms with Crippen molar-refractivity contribution >= 4 is 5.91 Å². The molecule has 0 spiro atoms. The molecule has 0 saturated carbocycles. The number of hydrogen-bond donors (Lipinski definition) is 1. The molecule has 2 nitrogen and oxygen atoms in total. The van der Waals surface area contributed by atoms with Gasteiger partial charge in [0.2, 0.25) is 12.3 Å². The molecule has 0 heterocycles. The minimum absolute atomic E-state index is 0.0149. The maximum Gasteiger partial charge on any atom is 0.243 e. The molecule has 0 rings (SSSR count). The molecule has 0 aliphatic carbocycles. The van der Waals surface area contributed by atoms with E-state index in [2.05, 4.69) is 11.9 Å². The van der Waals surface area contributed by atoms with Gasteiger partial charge in [-0.3, -0.25) is 4.79 Å². The summed E-state index contributed by atoms with van der Waals surface area (Å²) >= 11 is 0. The van der Waals surface area contributed by atoms with E-state index in [-0.39, 0.29) is 12.3 Å². The van der Waals surface area contributed by atoms with Gasteiger partial charge >= 0.3 is 0 Å². The van der Waals surface area contributed by atoms with Crippen LogP contribution in [0.4, 0.5) is 8.78 Å². The third kappa shape index (κ3) is 9.16. The fraction of sp³-hybridized carbons (Fsp3) is 0.700. The van der Waals surface area contributed by atoms with Crippen molar-refractivity contribution in [1.29, 1.82) is 0 Å². The van der Waals surface area contributed by atoms with Gasteiger partial charge in [-0.15, -0.1) is 0 Å². The average molecular weight is 205 g/mol. The highest BCUT2D eigenvalue weighted by Crippen LogP contribution is 2.08. The van der Waals surface area contributed by atoms with E-state index in [4.69, 9.17) is 0 Å². The molecule has 0 unspecified atom stereocenters. The van der Waals surface area contributed by atoms with Crippen molar-refractivity contribution in [3.8, 4) is 0 Å². The van der Waals surface area contributed by atoms with Gasteiger partial charge in [0.15, 0.2) is 0 Å². The molecule has 0 aliphatic rings. The van der Waals surface area contributed by atoms with Crippen molar-refractivity contribution < 1.29 is 13.6 Å². The molecule has 0 aliphatic heterocycles. The fourth-order valence-electron chi connectivity index (χ4n) is 1.06. The average Bonchev–Trinajstić information content (AvgIpc) is 2.15. The van der Waals surface area contributed by atoms with E-state index >= 15 is 0 Å². The summed E-state index contributed by atoms with van der Waals surface area (Å²) in [7, 11) is 0. The summed E-state index contributed by atoms with van der Waals surface area (Å²) in [6.45, 7) is 3.91. The van der Waals surface area contributed by atoms with Crippen LogP contribution in [0.25, 0.3) is 0 Å². The summed E-state index contributed by atoms with van der Waals surface area (Å²) in [4.78, 5) is 10.7. The van der Waals surface area contributed by atoms with E-state index in [1.165, 1.54) is 6.08 Å². The number of rotatable bonds is 8. The SMILES string of the molecule is C=CC(=O)NCCCCCCC(F)F. The summed E-state index contributed by atoms with van der Waals surface area (Å²) in [5.41, 5.74) is 0. The van der Waals surface area contributed by atoms with Crippen LogP contribution in [-0.4, -0.2) is 18.9 Å². The third-order valence-electron chi connectivity index (χ3n) is 1.83. The van der Waals surface area contributed by atoms with Gasteiger partial charge in [-0.1, -0.05) is 19.4 Å². The molecule has 0 saturated heterocycles. The van der Waals surface area contributed by atoms with Gasteiger partial charge in [0.05, 0.1) is 0 Å². The highest BCUT2D eigenvalue weighted by atomic mass is 19.3. The fourth-order valence-corrected chi connectivity index (χ4v) is 1.06. The van der Waals surface area contributed by atoms with Crippen LogP contribution < -0.4 is 5.32 Å². The molecule has 0 aromatic carbocycles. The van der Waals surface area contributed by atoms with Crippen LogP contribution >= 0.6 is 0 Å². The molecular formula is C10H17F2NO. The largest absolute Gasteiger partial charge is 0.353 e. The number of unbranched alkanes of at least 4 members (excludes halogenated alkanes) is 3. The molecule has 0 radical (unpaired) electrons. The number of alkyl halides is 2. The Morgan fingerprint density at radius 1 is 1.29 bits per heavy atom. The van der Waals surface area contributed by atoms with E-state index < -0.39 is 6.43 Å². The zero-order chi connectivity index (χ0) is 10.8. The molecule has 1 N–H and O–H groups in total. The second kappa shape index (κ2) is 8.66. The van der Waals surface area contributed by atoms with Gasteiger partial charge < -0.3 is 5.32 Å². The molecule has 4 heteroatoms. The quantitative estimate of drug-likeness (QED) is 0.478.